The van der Waals surface area contributed by atoms with Gasteiger partial charge in [-0.05, 0) is 12.5 Å². The van der Waals surface area contributed by atoms with Crippen molar-refractivity contribution in [3.8, 4) is 0 Å². The molecule has 0 radical (unpaired) electrons. The van der Waals surface area contributed by atoms with Gasteiger partial charge in [0.15, 0.2) is 9.84 Å². The highest BCUT2D eigenvalue weighted by molar-refractivity contribution is 8.02. The van der Waals surface area contributed by atoms with Gasteiger partial charge in [0, 0.05) is 15.5 Å². The topological polar surface area (TPSA) is 71.4 Å². The first-order valence-corrected chi connectivity index (χ1v) is 8.23. The average molecular weight is 278 g/mol. The third-order valence-corrected chi connectivity index (χ3v) is 6.57. The first-order valence-electron chi connectivity index (χ1n) is 4.65. The molecule has 2 rings (SSSR count). The summed E-state index contributed by atoms with van der Waals surface area (Å²) in [4.78, 5) is 11.8. The maximum Gasteiger partial charge on any atom is 0.345 e. The van der Waals surface area contributed by atoms with Crippen LogP contribution >= 0.6 is 23.1 Å². The largest absolute Gasteiger partial charge is 0.477 e. The molecule has 1 aromatic rings. The molecule has 1 N–H and O–H groups in total. The molecule has 1 aromatic heterocycles. The molecule has 1 saturated heterocycles. The fourth-order valence-electron chi connectivity index (χ4n) is 1.54. The van der Waals surface area contributed by atoms with Gasteiger partial charge >= 0.3 is 5.97 Å². The fourth-order valence-corrected chi connectivity index (χ4v) is 5.98. The van der Waals surface area contributed by atoms with Gasteiger partial charge < -0.3 is 5.11 Å². The van der Waals surface area contributed by atoms with Crippen LogP contribution in [0.3, 0.4) is 0 Å². The van der Waals surface area contributed by atoms with Gasteiger partial charge in [0.2, 0.25) is 0 Å². The molecule has 0 spiro atoms. The SMILES string of the molecule is O=C(O)c1cc(SC2CCS(=O)(=O)C2)cs1. The lowest BCUT2D eigenvalue weighted by Crippen LogP contribution is -2.05. The van der Waals surface area contributed by atoms with Crippen molar-refractivity contribution < 1.29 is 18.3 Å². The summed E-state index contributed by atoms with van der Waals surface area (Å²) >= 11 is 2.63. The molecule has 1 aliphatic rings. The molecule has 2 heterocycles. The van der Waals surface area contributed by atoms with E-state index in [2.05, 4.69) is 0 Å². The second-order valence-electron chi connectivity index (χ2n) is 3.59. The van der Waals surface area contributed by atoms with Gasteiger partial charge in [-0.1, -0.05) is 0 Å². The summed E-state index contributed by atoms with van der Waals surface area (Å²) in [5.74, 6) is -0.479. The summed E-state index contributed by atoms with van der Waals surface area (Å²) in [5.41, 5.74) is 0. The number of thioether (sulfide) groups is 1. The molecule has 0 aromatic carbocycles. The summed E-state index contributed by atoms with van der Waals surface area (Å²) in [6.45, 7) is 0. The Bertz CT molecular complexity index is 503. The van der Waals surface area contributed by atoms with E-state index in [0.717, 1.165) is 4.90 Å². The number of sulfone groups is 1. The molecule has 1 fully saturated rings. The fraction of sp³-hybridized carbons (Fsp3) is 0.444. The maximum absolute atomic E-state index is 11.2. The van der Waals surface area contributed by atoms with Crippen molar-refractivity contribution in [2.75, 3.05) is 11.5 Å². The minimum absolute atomic E-state index is 0.0706. The van der Waals surface area contributed by atoms with E-state index in [0.29, 0.717) is 11.3 Å². The van der Waals surface area contributed by atoms with Gasteiger partial charge in [-0.15, -0.1) is 23.1 Å². The second-order valence-corrected chi connectivity index (χ2v) is 8.11. The Kier molecular flexibility index (Phi) is 3.27. The van der Waals surface area contributed by atoms with Crippen molar-refractivity contribution in [3.05, 3.63) is 16.3 Å². The number of hydrogen-bond acceptors (Lipinski definition) is 5. The van der Waals surface area contributed by atoms with Crippen molar-refractivity contribution in [1.29, 1.82) is 0 Å². The number of carbonyl (C=O) groups is 1. The van der Waals surface area contributed by atoms with E-state index >= 15 is 0 Å². The van der Waals surface area contributed by atoms with Crippen molar-refractivity contribution in [2.24, 2.45) is 0 Å². The van der Waals surface area contributed by atoms with Crippen molar-refractivity contribution in [1.82, 2.24) is 0 Å². The van der Waals surface area contributed by atoms with E-state index in [1.165, 1.54) is 23.1 Å². The van der Waals surface area contributed by atoms with Crippen LogP contribution in [0.5, 0.6) is 0 Å². The molecular formula is C9H10O4S3. The third-order valence-electron chi connectivity index (χ3n) is 2.28. The number of carboxylic acids is 1. The predicted octanol–water partition coefficient (Wildman–Crippen LogP) is 1.73. The highest BCUT2D eigenvalue weighted by atomic mass is 32.2. The number of hydrogen-bond donors (Lipinski definition) is 1. The van der Waals surface area contributed by atoms with Crippen molar-refractivity contribution in [2.45, 2.75) is 16.6 Å². The Morgan fingerprint density at radius 1 is 1.56 bits per heavy atom. The Hall–Kier alpha value is -0.530. The zero-order valence-electron chi connectivity index (χ0n) is 8.25. The Morgan fingerprint density at radius 3 is 2.81 bits per heavy atom. The van der Waals surface area contributed by atoms with Gasteiger partial charge in [0.1, 0.15) is 4.88 Å². The molecule has 0 bridgehead atoms. The van der Waals surface area contributed by atoms with Gasteiger partial charge in [-0.2, -0.15) is 0 Å². The second kappa shape index (κ2) is 4.38. The highest BCUT2D eigenvalue weighted by Crippen LogP contribution is 2.33. The zero-order chi connectivity index (χ0) is 11.8. The highest BCUT2D eigenvalue weighted by Gasteiger charge is 2.28. The maximum atomic E-state index is 11.2. The molecule has 7 heteroatoms. The quantitative estimate of drug-likeness (QED) is 0.911. The van der Waals surface area contributed by atoms with E-state index in [1.807, 2.05) is 0 Å². The number of rotatable bonds is 3. The first kappa shape index (κ1) is 11.9. The van der Waals surface area contributed by atoms with E-state index in [9.17, 15) is 13.2 Å². The Balaban J connectivity index is 2.02. The van der Waals surface area contributed by atoms with Gasteiger partial charge in [-0.25, -0.2) is 13.2 Å². The number of thiophene rings is 1. The zero-order valence-corrected chi connectivity index (χ0v) is 10.7. The summed E-state index contributed by atoms with van der Waals surface area (Å²) < 4.78 is 22.5. The van der Waals surface area contributed by atoms with Gasteiger partial charge in [0.25, 0.3) is 0 Å². The molecule has 0 aliphatic carbocycles. The van der Waals surface area contributed by atoms with E-state index in [-0.39, 0.29) is 16.8 Å². The lowest BCUT2D eigenvalue weighted by Gasteiger charge is -2.03. The molecule has 1 atom stereocenters. The molecule has 0 amide bonds. The third kappa shape index (κ3) is 2.78. The van der Waals surface area contributed by atoms with Gasteiger partial charge in [-0.3, -0.25) is 0 Å². The van der Waals surface area contributed by atoms with Crippen LogP contribution in [0.4, 0.5) is 0 Å². The average Bonchev–Trinajstić information content (AvgIpc) is 2.73. The van der Waals surface area contributed by atoms with Crippen LogP contribution in [0.1, 0.15) is 16.1 Å². The van der Waals surface area contributed by atoms with Gasteiger partial charge in [0.05, 0.1) is 11.5 Å². The molecule has 16 heavy (non-hydrogen) atoms. The molecule has 1 unspecified atom stereocenters. The van der Waals surface area contributed by atoms with E-state index in [4.69, 9.17) is 5.11 Å². The molecule has 4 nitrogen and oxygen atoms in total. The lowest BCUT2D eigenvalue weighted by molar-refractivity contribution is 0.0702. The molecule has 0 saturated carbocycles. The van der Waals surface area contributed by atoms with Crippen molar-refractivity contribution in [3.63, 3.8) is 0 Å². The van der Waals surface area contributed by atoms with Crippen LogP contribution in [-0.2, 0) is 9.84 Å². The number of aromatic carboxylic acids is 1. The van der Waals surface area contributed by atoms with Crippen LogP contribution in [0.2, 0.25) is 0 Å². The van der Waals surface area contributed by atoms with Crippen LogP contribution in [0, 0.1) is 0 Å². The van der Waals surface area contributed by atoms with Crippen LogP contribution < -0.4 is 0 Å². The smallest absolute Gasteiger partial charge is 0.345 e. The van der Waals surface area contributed by atoms with Crippen molar-refractivity contribution >= 4 is 38.9 Å². The summed E-state index contributed by atoms with van der Waals surface area (Å²) in [7, 11) is -2.86. The molecular weight excluding hydrogens is 268 g/mol. The minimum atomic E-state index is -2.86. The molecule has 1 aliphatic heterocycles. The van der Waals surface area contributed by atoms with Crippen LogP contribution in [-0.4, -0.2) is 36.2 Å². The summed E-state index contributed by atoms with van der Waals surface area (Å²) in [5, 5.41) is 10.6. The normalized spacial score (nSPS) is 23.4. The standard InChI is InChI=1S/C9H10O4S3/c10-9(11)8-3-7(4-14-8)15-6-1-2-16(12,13)5-6/h3-4,6H,1-2,5H2,(H,10,11). The molecule has 88 valence electrons. The first-order chi connectivity index (χ1) is 7.46. The van der Waals surface area contributed by atoms with Crippen LogP contribution in [0.25, 0.3) is 0 Å². The Morgan fingerprint density at radius 2 is 2.31 bits per heavy atom. The summed E-state index contributed by atoms with van der Waals surface area (Å²) in [6.07, 6.45) is 0.658. The Labute approximate surface area is 102 Å². The minimum Gasteiger partial charge on any atom is -0.477 e. The summed E-state index contributed by atoms with van der Waals surface area (Å²) in [6, 6.07) is 1.60. The predicted molar refractivity (Wildman–Crippen MR) is 64.2 cm³/mol. The number of carboxylic acid groups (broad SMARTS) is 1. The van der Waals surface area contributed by atoms with E-state index in [1.54, 1.807) is 11.4 Å². The lowest BCUT2D eigenvalue weighted by atomic mass is 10.4. The monoisotopic (exact) mass is 278 g/mol. The van der Waals surface area contributed by atoms with Crippen LogP contribution in [0.15, 0.2) is 16.3 Å². The van der Waals surface area contributed by atoms with E-state index < -0.39 is 15.8 Å².